The van der Waals surface area contributed by atoms with Crippen molar-refractivity contribution in [2.24, 2.45) is 23.5 Å². The van der Waals surface area contributed by atoms with Crippen molar-refractivity contribution < 1.29 is 38.7 Å². The minimum atomic E-state index is -2.12. The van der Waals surface area contributed by atoms with E-state index in [9.17, 15) is 15.0 Å². The number of benzene rings is 1. The van der Waals surface area contributed by atoms with Crippen molar-refractivity contribution >= 4 is 5.97 Å². The van der Waals surface area contributed by atoms with E-state index in [0.717, 1.165) is 12.8 Å². The van der Waals surface area contributed by atoms with E-state index in [4.69, 9.17) is 29.4 Å². The highest BCUT2D eigenvalue weighted by atomic mass is 16.6. The number of unbranched alkanes of at least 4 members (excludes halogenated alkanes) is 1. The summed E-state index contributed by atoms with van der Waals surface area (Å²) in [5.41, 5.74) is 2.45. The molecule has 0 radical (unpaired) electrons. The predicted octanol–water partition coefficient (Wildman–Crippen LogP) is 2.81. The second-order valence-corrected chi connectivity index (χ2v) is 10.2. The molecule has 5 rings (SSSR count). The Hall–Kier alpha value is -3.71. The molecule has 0 saturated heterocycles. The average Bonchev–Trinajstić information content (AvgIpc) is 3.37. The van der Waals surface area contributed by atoms with Crippen molar-refractivity contribution in [3.8, 4) is 23.0 Å². The summed E-state index contributed by atoms with van der Waals surface area (Å²) in [6.45, 7) is 1.00. The van der Waals surface area contributed by atoms with E-state index in [1.165, 1.54) is 21.3 Å². The molecule has 0 bridgehead atoms. The van der Waals surface area contributed by atoms with E-state index < -0.39 is 35.1 Å². The van der Waals surface area contributed by atoms with Crippen LogP contribution in [0.15, 0.2) is 48.6 Å². The molecule has 0 amide bonds. The van der Waals surface area contributed by atoms with E-state index in [1.807, 2.05) is 24.3 Å². The summed E-state index contributed by atoms with van der Waals surface area (Å²) in [5.74, 6) is -1.37. The zero-order valence-corrected chi connectivity index (χ0v) is 22.9. The number of fused-ring (bicyclic) bond motifs is 3. The predicted molar refractivity (Wildman–Crippen MR) is 145 cm³/mol. The van der Waals surface area contributed by atoms with E-state index >= 15 is 0 Å². The molecule has 1 aliphatic heterocycles. The minimum Gasteiger partial charge on any atom is -0.496 e. The lowest BCUT2D eigenvalue weighted by Crippen LogP contribution is -2.53. The maximum atomic E-state index is 13.3. The van der Waals surface area contributed by atoms with Gasteiger partial charge in [-0.15, -0.1) is 0 Å². The smallest absolute Gasteiger partial charge is 0.311 e. The summed E-state index contributed by atoms with van der Waals surface area (Å²) in [4.78, 5) is 13.3. The maximum Gasteiger partial charge on any atom is 0.311 e. The molecule has 1 heterocycles. The van der Waals surface area contributed by atoms with Crippen LogP contribution < -0.4 is 24.7 Å². The van der Waals surface area contributed by atoms with Gasteiger partial charge in [0.05, 0.1) is 39.4 Å². The molecule has 2 aromatic rings. The Bertz CT molecular complexity index is 1290. The molecule has 2 aliphatic carbocycles. The summed E-state index contributed by atoms with van der Waals surface area (Å²) in [5, 5.41) is 24.8. The number of aliphatic hydroxyl groups is 2. The Morgan fingerprint density at radius 2 is 1.98 bits per heavy atom. The molecule has 2 aromatic carbocycles. The van der Waals surface area contributed by atoms with Crippen LogP contribution in [0.4, 0.5) is 0 Å². The van der Waals surface area contributed by atoms with Crippen LogP contribution in [-0.4, -0.2) is 56.8 Å². The average molecular weight is 550 g/mol. The third kappa shape index (κ3) is 4.10. The fraction of sp³-hybridized carbons (Fsp3) is 0.452. The number of carbonyl (C=O) groups is 1. The van der Waals surface area contributed by atoms with Gasteiger partial charge in [0, 0.05) is 23.6 Å². The second-order valence-electron chi connectivity index (χ2n) is 10.2. The van der Waals surface area contributed by atoms with Crippen molar-refractivity contribution in [1.29, 1.82) is 0 Å². The molecule has 9 heteroatoms. The standard InChI is InChI=1S/C31H35NO8/c1-36-21-13-11-20(12-14-21)31-26(19-9-5-4-6-10-19)25(29(34)38-3)28(33)30(31,35)27-23(37-2)17-22(18-24(27)40-31)39-16-8-7-15-32/h4-6,9,11,13,17-19,25-26,28,33,35H,7-8,10,15-16,32H2,1-3H3/t19?,25?,26?,28-,30+,31+/m0/s1. The molecule has 6 atom stereocenters. The molecular formula is C31H35NO8. The van der Waals surface area contributed by atoms with E-state index in [-0.39, 0.29) is 23.0 Å². The number of esters is 1. The molecule has 0 aromatic heterocycles. The van der Waals surface area contributed by atoms with Crippen molar-refractivity contribution in [2.75, 3.05) is 34.5 Å². The van der Waals surface area contributed by atoms with Gasteiger partial charge < -0.3 is 39.6 Å². The summed E-state index contributed by atoms with van der Waals surface area (Å²) >= 11 is 0. The van der Waals surface area contributed by atoms with Gasteiger partial charge in [-0.05, 0) is 49.9 Å². The summed E-state index contributed by atoms with van der Waals surface area (Å²) < 4.78 is 29.0. The Labute approximate surface area is 234 Å². The topological polar surface area (TPSA) is 130 Å². The largest absolute Gasteiger partial charge is 0.496 e. The first kappa shape index (κ1) is 27.8. The number of rotatable bonds is 10. The zero-order valence-electron chi connectivity index (χ0n) is 22.9. The Kier molecular flexibility index (Phi) is 7.69. The van der Waals surface area contributed by atoms with Crippen LogP contribution in [-0.2, 0) is 20.7 Å². The van der Waals surface area contributed by atoms with Crippen LogP contribution in [0, 0.1) is 29.9 Å². The molecule has 40 heavy (non-hydrogen) atoms. The van der Waals surface area contributed by atoms with Crippen molar-refractivity contribution in [3.05, 3.63) is 71.8 Å². The molecule has 1 saturated carbocycles. The summed E-state index contributed by atoms with van der Waals surface area (Å²) in [7, 11) is 4.25. The number of methoxy groups -OCH3 is 3. The second kappa shape index (κ2) is 11.0. The van der Waals surface area contributed by atoms with Gasteiger partial charge in [-0.25, -0.2) is 0 Å². The normalized spacial score (nSPS) is 29.6. The molecule has 3 unspecified atom stereocenters. The lowest BCUT2D eigenvalue weighted by molar-refractivity contribution is -0.163. The molecular weight excluding hydrogens is 514 g/mol. The molecule has 9 nitrogen and oxygen atoms in total. The fourth-order valence-electron chi connectivity index (χ4n) is 6.53. The molecule has 4 N–H and O–H groups in total. The minimum absolute atomic E-state index is 0.229. The van der Waals surface area contributed by atoms with Crippen LogP contribution >= 0.6 is 0 Å². The highest BCUT2D eigenvalue weighted by Crippen LogP contribution is 2.69. The number of allylic oxidation sites excluding steroid dienone is 4. The first-order chi connectivity index (χ1) is 19.4. The quantitative estimate of drug-likeness (QED) is 0.303. The van der Waals surface area contributed by atoms with Gasteiger partial charge in [-0.1, -0.05) is 30.4 Å². The van der Waals surface area contributed by atoms with Gasteiger partial charge in [0.25, 0.3) is 0 Å². The number of hydrogen-bond acceptors (Lipinski definition) is 9. The van der Waals surface area contributed by atoms with Crippen LogP contribution in [0.5, 0.6) is 23.0 Å². The maximum absolute atomic E-state index is 13.3. The van der Waals surface area contributed by atoms with E-state index in [2.05, 4.69) is 12.1 Å². The lowest BCUT2D eigenvalue weighted by Gasteiger charge is -2.42. The summed E-state index contributed by atoms with van der Waals surface area (Å²) in [6.07, 6.45) is 8.29. The SMILES string of the molecule is COC(=O)C1C(C2C=CC=CC2)[C@@]2(c3c#cc(OC)cc3)Oc3cc(OCCCCN)cc(OC)c3[C@@]2(O)[C@H]1O. The third-order valence-corrected chi connectivity index (χ3v) is 8.26. The van der Waals surface area contributed by atoms with Crippen molar-refractivity contribution in [1.82, 2.24) is 0 Å². The van der Waals surface area contributed by atoms with Gasteiger partial charge in [0.1, 0.15) is 23.4 Å². The Morgan fingerprint density at radius 3 is 2.60 bits per heavy atom. The van der Waals surface area contributed by atoms with Crippen molar-refractivity contribution in [2.45, 2.75) is 36.6 Å². The van der Waals surface area contributed by atoms with Crippen LogP contribution in [0.3, 0.4) is 0 Å². The molecule has 3 aliphatic rings. The van der Waals surface area contributed by atoms with Gasteiger partial charge in [-0.2, -0.15) is 0 Å². The lowest BCUT2D eigenvalue weighted by atomic mass is 9.67. The number of aliphatic hydroxyl groups excluding tert-OH is 1. The third-order valence-electron chi connectivity index (χ3n) is 8.26. The van der Waals surface area contributed by atoms with E-state index in [0.29, 0.717) is 36.6 Å². The van der Waals surface area contributed by atoms with Gasteiger partial charge in [0.15, 0.2) is 17.0 Å². The number of ether oxygens (including phenoxy) is 5. The highest BCUT2D eigenvalue weighted by Gasteiger charge is 2.79. The first-order valence-corrected chi connectivity index (χ1v) is 13.4. The number of nitrogens with two attached hydrogens (primary N) is 1. The number of hydrogen-bond donors (Lipinski definition) is 3. The zero-order chi connectivity index (χ0) is 28.5. The van der Waals surface area contributed by atoms with Gasteiger partial charge in [0.2, 0.25) is 0 Å². The van der Waals surface area contributed by atoms with E-state index in [1.54, 1.807) is 24.3 Å². The summed E-state index contributed by atoms with van der Waals surface area (Å²) in [6, 6.07) is 12.8. The van der Waals surface area contributed by atoms with Crippen LogP contribution in [0.25, 0.3) is 0 Å². The van der Waals surface area contributed by atoms with Crippen LogP contribution in [0.1, 0.15) is 30.4 Å². The van der Waals surface area contributed by atoms with Gasteiger partial charge >= 0.3 is 5.97 Å². The highest BCUT2D eigenvalue weighted by molar-refractivity contribution is 5.77. The molecule has 1 fully saturated rings. The van der Waals surface area contributed by atoms with Gasteiger partial charge in [-0.3, -0.25) is 4.79 Å². The van der Waals surface area contributed by atoms with Crippen molar-refractivity contribution in [3.63, 3.8) is 0 Å². The first-order valence-electron chi connectivity index (χ1n) is 13.4. The number of carbonyl (C=O) groups excluding carboxylic acids is 1. The monoisotopic (exact) mass is 549 g/mol. The van der Waals surface area contributed by atoms with Crippen LogP contribution in [0.2, 0.25) is 0 Å². The fourth-order valence-corrected chi connectivity index (χ4v) is 6.53. The molecule has 0 spiro atoms. The Morgan fingerprint density at radius 1 is 1.15 bits per heavy atom. The Balaban J connectivity index is 1.74. The molecule has 212 valence electrons.